The van der Waals surface area contributed by atoms with E-state index >= 15 is 0 Å². The zero-order valence-corrected chi connectivity index (χ0v) is 20.5. The van der Waals surface area contributed by atoms with Crippen LogP contribution in [-0.4, -0.2) is 80.8 Å². The van der Waals surface area contributed by atoms with E-state index in [-0.39, 0.29) is 36.5 Å². The van der Waals surface area contributed by atoms with Crippen LogP contribution in [0.3, 0.4) is 0 Å². The van der Waals surface area contributed by atoms with Crippen LogP contribution in [0.15, 0.2) is 0 Å². The normalized spacial score (nSPS) is 34.0. The highest BCUT2D eigenvalue weighted by atomic mass is 16.6. The Balaban J connectivity index is 0.000000181. The van der Waals surface area contributed by atoms with Gasteiger partial charge in [0, 0.05) is 13.1 Å². The summed E-state index contributed by atoms with van der Waals surface area (Å²) in [4.78, 5) is 27.3. The molecule has 184 valence electrons. The van der Waals surface area contributed by atoms with Crippen molar-refractivity contribution in [3.05, 3.63) is 0 Å². The van der Waals surface area contributed by atoms with Crippen LogP contribution in [0, 0.1) is 11.8 Å². The van der Waals surface area contributed by atoms with Gasteiger partial charge in [-0.15, -0.1) is 0 Å². The summed E-state index contributed by atoms with van der Waals surface area (Å²) >= 11 is 0. The quantitative estimate of drug-likeness (QED) is 0.581. The third kappa shape index (κ3) is 6.28. The molecule has 32 heavy (non-hydrogen) atoms. The lowest BCUT2D eigenvalue weighted by molar-refractivity contribution is 0.00401. The summed E-state index contributed by atoms with van der Waals surface area (Å²) in [6.07, 6.45) is 4.25. The monoisotopic (exact) mass is 454 g/mol. The van der Waals surface area contributed by atoms with Gasteiger partial charge in [-0.25, -0.2) is 9.59 Å². The van der Waals surface area contributed by atoms with Crippen molar-refractivity contribution in [1.29, 1.82) is 0 Å². The highest BCUT2D eigenvalue weighted by Gasteiger charge is 2.45. The lowest BCUT2D eigenvalue weighted by atomic mass is 9.88. The van der Waals surface area contributed by atoms with E-state index in [0.717, 1.165) is 51.6 Å². The lowest BCUT2D eigenvalue weighted by Gasteiger charge is -2.31. The number of likely N-dealkylation sites (tertiary alicyclic amines) is 2. The number of hydrogen-bond acceptors (Lipinski definition) is 6. The highest BCUT2D eigenvalue weighted by Crippen LogP contribution is 2.37. The summed E-state index contributed by atoms with van der Waals surface area (Å²) < 4.78 is 10.7. The zero-order valence-electron chi connectivity index (χ0n) is 20.5. The summed E-state index contributed by atoms with van der Waals surface area (Å²) in [5.74, 6) is 1.11. The van der Waals surface area contributed by atoms with E-state index in [1.165, 1.54) is 0 Å². The summed E-state index contributed by atoms with van der Waals surface area (Å²) in [5.41, 5.74) is -0.919. The van der Waals surface area contributed by atoms with Gasteiger partial charge in [0.2, 0.25) is 0 Å². The van der Waals surface area contributed by atoms with Crippen molar-refractivity contribution in [1.82, 2.24) is 9.80 Å². The van der Waals surface area contributed by atoms with E-state index in [1.54, 1.807) is 9.80 Å². The standard InChI is InChI=1S/2C12H21NO3/c2*1-12(2,3)16-11(15)13-7-8-4-5-10(14)9(13)6-8/h2*8-10,14H,4-7H2,1-3H3/t2*8-,9-,10-/m10/s1. The third-order valence-corrected chi connectivity index (χ3v) is 6.75. The maximum absolute atomic E-state index is 11.9. The van der Waals surface area contributed by atoms with Crippen molar-refractivity contribution < 1.29 is 29.3 Å². The van der Waals surface area contributed by atoms with Crippen molar-refractivity contribution >= 4 is 12.2 Å². The minimum absolute atomic E-state index is 0.0198. The average molecular weight is 455 g/mol. The van der Waals surface area contributed by atoms with Gasteiger partial charge in [-0.1, -0.05) is 0 Å². The van der Waals surface area contributed by atoms with Gasteiger partial charge in [0.05, 0.1) is 24.3 Å². The molecule has 2 heterocycles. The topological polar surface area (TPSA) is 99.5 Å². The van der Waals surface area contributed by atoms with Crippen molar-refractivity contribution in [2.75, 3.05) is 13.1 Å². The fourth-order valence-corrected chi connectivity index (χ4v) is 5.32. The molecule has 0 spiro atoms. The van der Waals surface area contributed by atoms with E-state index in [2.05, 4.69) is 0 Å². The van der Waals surface area contributed by atoms with Crippen LogP contribution in [0.2, 0.25) is 0 Å². The average Bonchev–Trinajstić information content (AvgIpc) is 3.19. The van der Waals surface area contributed by atoms with Gasteiger partial charge in [0.1, 0.15) is 11.2 Å². The van der Waals surface area contributed by atoms with Crippen LogP contribution in [0.5, 0.6) is 0 Å². The van der Waals surface area contributed by atoms with Crippen molar-refractivity contribution in [2.24, 2.45) is 11.8 Å². The molecule has 2 saturated heterocycles. The molecule has 2 saturated carbocycles. The molecule has 2 aliphatic heterocycles. The minimum Gasteiger partial charge on any atom is -0.444 e. The molecule has 4 aliphatic rings. The number of rotatable bonds is 0. The van der Waals surface area contributed by atoms with Gasteiger partial charge in [-0.3, -0.25) is 0 Å². The summed E-state index contributed by atoms with van der Waals surface area (Å²) in [6, 6.07) is -0.0396. The second kappa shape index (κ2) is 9.37. The number of nitrogens with zero attached hydrogens (tertiary/aromatic N) is 2. The van der Waals surface area contributed by atoms with Crippen molar-refractivity contribution in [3.8, 4) is 0 Å². The van der Waals surface area contributed by atoms with Gasteiger partial charge < -0.3 is 29.5 Å². The first-order valence-electron chi connectivity index (χ1n) is 12.1. The summed E-state index contributed by atoms with van der Waals surface area (Å²) in [6.45, 7) is 12.7. The third-order valence-electron chi connectivity index (χ3n) is 6.75. The van der Waals surface area contributed by atoms with Crippen LogP contribution in [-0.2, 0) is 9.47 Å². The molecule has 2 N–H and O–H groups in total. The molecular formula is C24H42N2O6. The molecule has 4 fully saturated rings. The molecule has 0 aromatic carbocycles. The molecule has 8 heteroatoms. The molecule has 8 nitrogen and oxygen atoms in total. The Morgan fingerprint density at radius 1 is 0.688 bits per heavy atom. The Labute approximate surface area is 192 Å². The molecule has 6 atom stereocenters. The Bertz CT molecular complexity index is 627. The van der Waals surface area contributed by atoms with Gasteiger partial charge >= 0.3 is 12.2 Å². The van der Waals surface area contributed by atoms with Crippen LogP contribution >= 0.6 is 0 Å². The second-order valence-electron chi connectivity index (χ2n) is 11.9. The van der Waals surface area contributed by atoms with Gasteiger partial charge in [0.15, 0.2) is 0 Å². The van der Waals surface area contributed by atoms with Gasteiger partial charge in [-0.05, 0) is 91.9 Å². The van der Waals surface area contributed by atoms with Crippen LogP contribution in [0.1, 0.15) is 80.1 Å². The number of amides is 2. The number of carbonyl (C=O) groups is 2. The molecule has 4 bridgehead atoms. The number of aliphatic hydroxyl groups excluding tert-OH is 2. The molecular weight excluding hydrogens is 412 g/mol. The Kier molecular flexibility index (Phi) is 7.35. The molecule has 0 aromatic heterocycles. The first-order valence-corrected chi connectivity index (χ1v) is 12.1. The lowest BCUT2D eigenvalue weighted by Crippen LogP contribution is -2.44. The Hall–Kier alpha value is -1.54. The summed E-state index contributed by atoms with van der Waals surface area (Å²) in [5, 5.41) is 19.7. The van der Waals surface area contributed by atoms with Gasteiger partial charge in [0.25, 0.3) is 0 Å². The number of carbonyl (C=O) groups excluding carboxylic acids is 2. The largest absolute Gasteiger partial charge is 0.444 e. The van der Waals surface area contributed by atoms with E-state index in [4.69, 9.17) is 9.47 Å². The fourth-order valence-electron chi connectivity index (χ4n) is 5.32. The van der Waals surface area contributed by atoms with Crippen LogP contribution in [0.4, 0.5) is 9.59 Å². The predicted molar refractivity (Wildman–Crippen MR) is 120 cm³/mol. The van der Waals surface area contributed by atoms with E-state index in [1.807, 2.05) is 41.5 Å². The second-order valence-corrected chi connectivity index (χ2v) is 11.9. The molecule has 0 unspecified atom stereocenters. The molecule has 0 aromatic rings. The van der Waals surface area contributed by atoms with Gasteiger partial charge in [-0.2, -0.15) is 0 Å². The first kappa shape index (κ1) is 25.1. The minimum atomic E-state index is -0.460. The zero-order chi connectivity index (χ0) is 23.8. The predicted octanol–water partition coefficient (Wildman–Crippen LogP) is 3.53. The smallest absolute Gasteiger partial charge is 0.410 e. The number of fused-ring (bicyclic) bond motifs is 4. The van der Waals surface area contributed by atoms with E-state index < -0.39 is 11.2 Å². The number of hydrogen-bond donors (Lipinski definition) is 2. The molecule has 2 aliphatic carbocycles. The number of ether oxygens (including phenoxy) is 2. The fraction of sp³-hybridized carbons (Fsp3) is 0.917. The first-order chi connectivity index (χ1) is 14.7. The maximum atomic E-state index is 11.9. The SMILES string of the molecule is CC(C)(C)OC(=O)N1C[C@@H]2CC[C@@H](O)[C@H]1C2.CC(C)(C)OC(=O)N1C[C@H]2CC[C@H](O)[C@@H]1C2. The van der Waals surface area contributed by atoms with Crippen LogP contribution < -0.4 is 0 Å². The highest BCUT2D eigenvalue weighted by molar-refractivity contribution is 5.69. The van der Waals surface area contributed by atoms with Crippen molar-refractivity contribution in [3.63, 3.8) is 0 Å². The maximum Gasteiger partial charge on any atom is 0.410 e. The van der Waals surface area contributed by atoms with E-state index in [9.17, 15) is 19.8 Å². The Morgan fingerprint density at radius 3 is 1.34 bits per heavy atom. The summed E-state index contributed by atoms with van der Waals surface area (Å²) in [7, 11) is 0. The molecule has 2 amide bonds. The molecule has 0 radical (unpaired) electrons. The Morgan fingerprint density at radius 2 is 1.03 bits per heavy atom. The number of aliphatic hydroxyl groups is 2. The van der Waals surface area contributed by atoms with Crippen molar-refractivity contribution in [2.45, 2.75) is 116 Å². The van der Waals surface area contributed by atoms with E-state index in [0.29, 0.717) is 11.8 Å². The molecule has 4 rings (SSSR count). The van der Waals surface area contributed by atoms with Crippen LogP contribution in [0.25, 0.3) is 0 Å².